The Bertz CT molecular complexity index is 474. The molecule has 0 spiro atoms. The molecule has 1 aromatic rings. The van der Waals surface area contributed by atoms with Crippen LogP contribution in [0.2, 0.25) is 0 Å². The monoisotopic (exact) mass is 291 g/mol. The molecule has 3 rings (SSSR count). The Morgan fingerprint density at radius 2 is 2.43 bits per heavy atom. The molecule has 1 aromatic heterocycles. The molecule has 2 fully saturated rings. The molecule has 1 aliphatic heterocycles. The zero-order valence-electron chi connectivity index (χ0n) is 12.8. The Kier molecular flexibility index (Phi) is 4.73. The summed E-state index contributed by atoms with van der Waals surface area (Å²) in [7, 11) is 1.97. The Balaban J connectivity index is 1.59. The van der Waals surface area contributed by atoms with Crippen molar-refractivity contribution in [3.05, 3.63) is 30.6 Å². The predicted molar refractivity (Wildman–Crippen MR) is 80.9 cm³/mol. The zero-order chi connectivity index (χ0) is 14.7. The summed E-state index contributed by atoms with van der Waals surface area (Å²) >= 11 is 0. The maximum absolute atomic E-state index is 6.05. The molecule has 0 unspecified atom stereocenters. The molecule has 5 heteroatoms. The van der Waals surface area contributed by atoms with E-state index in [-0.39, 0.29) is 0 Å². The smallest absolute Gasteiger partial charge is 0.0781 e. The highest BCUT2D eigenvalue weighted by Gasteiger charge is 2.42. The van der Waals surface area contributed by atoms with E-state index in [1.807, 2.05) is 24.0 Å². The van der Waals surface area contributed by atoms with E-state index in [1.54, 1.807) is 0 Å². The fourth-order valence-electron chi connectivity index (χ4n) is 3.60. The van der Waals surface area contributed by atoms with Crippen LogP contribution < -0.4 is 0 Å². The quantitative estimate of drug-likeness (QED) is 0.589. The van der Waals surface area contributed by atoms with Crippen LogP contribution in [-0.4, -0.2) is 53.2 Å². The second kappa shape index (κ2) is 6.73. The molecule has 1 saturated heterocycles. The van der Waals surface area contributed by atoms with Crippen molar-refractivity contribution in [1.82, 2.24) is 14.7 Å². The van der Waals surface area contributed by atoms with Gasteiger partial charge in [-0.05, 0) is 12.8 Å². The molecule has 0 bridgehead atoms. The maximum atomic E-state index is 6.05. The molecule has 1 saturated carbocycles. The van der Waals surface area contributed by atoms with Crippen molar-refractivity contribution in [2.24, 2.45) is 13.0 Å². The average Bonchev–Trinajstić information content (AvgIpc) is 3.07. The van der Waals surface area contributed by atoms with Crippen LogP contribution in [0.1, 0.15) is 18.4 Å². The number of nitrogens with zero attached hydrogens (tertiary/aromatic N) is 3. The fraction of sp³-hybridized carbons (Fsp3) is 0.688. The van der Waals surface area contributed by atoms with Crippen LogP contribution in [0, 0.1) is 5.92 Å². The van der Waals surface area contributed by atoms with E-state index >= 15 is 0 Å². The highest BCUT2D eigenvalue weighted by molar-refractivity contribution is 5.05. The number of aromatic nitrogens is 2. The lowest BCUT2D eigenvalue weighted by atomic mass is 10.0. The molecule has 1 aliphatic carbocycles. The first-order chi connectivity index (χ1) is 10.3. The summed E-state index contributed by atoms with van der Waals surface area (Å²) in [5.74, 6) is 0.520. The summed E-state index contributed by atoms with van der Waals surface area (Å²) in [4.78, 5) is 2.55. The molecule has 2 heterocycles. The molecule has 3 atom stereocenters. The highest BCUT2D eigenvalue weighted by Crippen LogP contribution is 2.35. The molecule has 0 amide bonds. The summed E-state index contributed by atoms with van der Waals surface area (Å²) in [6.07, 6.45) is 8.58. The van der Waals surface area contributed by atoms with E-state index in [0.29, 0.717) is 24.7 Å². The number of ether oxygens (including phenoxy) is 2. The molecule has 0 aromatic carbocycles. The van der Waals surface area contributed by atoms with Gasteiger partial charge in [-0.2, -0.15) is 5.10 Å². The van der Waals surface area contributed by atoms with Gasteiger partial charge in [-0.15, -0.1) is 6.58 Å². The third kappa shape index (κ3) is 3.36. The first-order valence-electron chi connectivity index (χ1n) is 7.79. The van der Waals surface area contributed by atoms with Gasteiger partial charge in [-0.1, -0.05) is 6.08 Å². The van der Waals surface area contributed by atoms with E-state index in [4.69, 9.17) is 9.47 Å². The first-order valence-corrected chi connectivity index (χ1v) is 7.79. The van der Waals surface area contributed by atoms with Crippen molar-refractivity contribution in [1.29, 1.82) is 0 Å². The Morgan fingerprint density at radius 3 is 3.19 bits per heavy atom. The van der Waals surface area contributed by atoms with Gasteiger partial charge in [0.15, 0.2) is 0 Å². The summed E-state index contributed by atoms with van der Waals surface area (Å²) < 4.78 is 13.6. The van der Waals surface area contributed by atoms with Gasteiger partial charge in [-0.3, -0.25) is 9.58 Å². The molecule has 0 radical (unpaired) electrons. The lowest BCUT2D eigenvalue weighted by Gasteiger charge is -2.39. The lowest BCUT2D eigenvalue weighted by Crippen LogP contribution is -2.50. The maximum Gasteiger partial charge on any atom is 0.0781 e. The van der Waals surface area contributed by atoms with Crippen LogP contribution in [0.4, 0.5) is 0 Å². The van der Waals surface area contributed by atoms with Gasteiger partial charge in [0.2, 0.25) is 0 Å². The number of hydrogen-bond acceptors (Lipinski definition) is 4. The fourth-order valence-corrected chi connectivity index (χ4v) is 3.60. The molecule has 116 valence electrons. The molecule has 21 heavy (non-hydrogen) atoms. The van der Waals surface area contributed by atoms with Crippen LogP contribution in [0.5, 0.6) is 0 Å². The van der Waals surface area contributed by atoms with E-state index < -0.39 is 0 Å². The summed E-state index contributed by atoms with van der Waals surface area (Å²) in [6.45, 7) is 7.91. The van der Waals surface area contributed by atoms with Crippen LogP contribution in [-0.2, 0) is 23.1 Å². The van der Waals surface area contributed by atoms with E-state index in [1.165, 1.54) is 18.4 Å². The van der Waals surface area contributed by atoms with Gasteiger partial charge < -0.3 is 9.47 Å². The van der Waals surface area contributed by atoms with Crippen LogP contribution in [0.15, 0.2) is 25.0 Å². The lowest BCUT2D eigenvalue weighted by molar-refractivity contribution is -0.0869. The third-order valence-corrected chi connectivity index (χ3v) is 4.55. The number of hydrogen-bond donors (Lipinski definition) is 0. The van der Waals surface area contributed by atoms with Crippen LogP contribution >= 0.6 is 0 Å². The zero-order valence-corrected chi connectivity index (χ0v) is 12.8. The van der Waals surface area contributed by atoms with Gasteiger partial charge in [0.25, 0.3) is 0 Å². The SMILES string of the molecule is C=CCOC[C@@H]1CC[C@@H]2[C@H]1OCCN2Cc1cnn(C)c1. The highest BCUT2D eigenvalue weighted by atomic mass is 16.5. The van der Waals surface area contributed by atoms with E-state index in [9.17, 15) is 0 Å². The Hall–Kier alpha value is -1.17. The molecule has 0 N–H and O–H groups in total. The predicted octanol–water partition coefficient (Wildman–Crippen LogP) is 1.60. The molecule has 5 nitrogen and oxygen atoms in total. The average molecular weight is 291 g/mol. The minimum absolute atomic E-state index is 0.320. The number of morpholine rings is 1. The number of aryl methyl sites for hydroxylation is 1. The Morgan fingerprint density at radius 1 is 1.52 bits per heavy atom. The van der Waals surface area contributed by atoms with Gasteiger partial charge >= 0.3 is 0 Å². The van der Waals surface area contributed by atoms with Crippen molar-refractivity contribution in [2.75, 3.05) is 26.4 Å². The summed E-state index contributed by atoms with van der Waals surface area (Å²) in [5, 5.41) is 4.26. The second-order valence-electron chi connectivity index (χ2n) is 6.06. The van der Waals surface area contributed by atoms with Gasteiger partial charge in [0.05, 0.1) is 32.1 Å². The molecule has 2 aliphatic rings. The normalized spacial score (nSPS) is 29.5. The van der Waals surface area contributed by atoms with Crippen LogP contribution in [0.3, 0.4) is 0 Å². The van der Waals surface area contributed by atoms with E-state index in [0.717, 1.165) is 26.3 Å². The molecular formula is C16H25N3O2. The van der Waals surface area contributed by atoms with Crippen molar-refractivity contribution in [3.63, 3.8) is 0 Å². The second-order valence-corrected chi connectivity index (χ2v) is 6.06. The summed E-state index contributed by atoms with van der Waals surface area (Å²) in [6, 6.07) is 0.524. The minimum Gasteiger partial charge on any atom is -0.377 e. The minimum atomic E-state index is 0.320. The topological polar surface area (TPSA) is 39.5 Å². The van der Waals surface area contributed by atoms with Crippen molar-refractivity contribution < 1.29 is 9.47 Å². The van der Waals surface area contributed by atoms with Crippen LogP contribution in [0.25, 0.3) is 0 Å². The first kappa shape index (κ1) is 14.8. The van der Waals surface area contributed by atoms with Crippen molar-refractivity contribution in [3.8, 4) is 0 Å². The summed E-state index contributed by atoms with van der Waals surface area (Å²) in [5.41, 5.74) is 1.28. The standard InChI is InChI=1S/C16H25N3O2/c1-3-7-20-12-14-4-5-15-16(14)21-8-6-19(15)11-13-9-17-18(2)10-13/h3,9-10,14-16H,1,4-8,11-12H2,2H3/t14-,15+,16-/m0/s1. The van der Waals surface area contributed by atoms with Crippen molar-refractivity contribution in [2.45, 2.75) is 31.5 Å². The Labute approximate surface area is 126 Å². The van der Waals surface area contributed by atoms with Gasteiger partial charge in [0.1, 0.15) is 0 Å². The number of rotatable bonds is 6. The third-order valence-electron chi connectivity index (χ3n) is 4.55. The van der Waals surface area contributed by atoms with E-state index in [2.05, 4.69) is 22.8 Å². The number of fused-ring (bicyclic) bond motifs is 1. The van der Waals surface area contributed by atoms with Crippen molar-refractivity contribution >= 4 is 0 Å². The molecular weight excluding hydrogens is 266 g/mol. The van der Waals surface area contributed by atoms with Gasteiger partial charge in [0, 0.05) is 43.9 Å². The largest absolute Gasteiger partial charge is 0.377 e. The van der Waals surface area contributed by atoms with Gasteiger partial charge in [-0.25, -0.2) is 0 Å².